The first-order valence-electron chi connectivity index (χ1n) is 8.81. The third-order valence-corrected chi connectivity index (χ3v) is 4.76. The number of likely N-dealkylation sites (tertiary alicyclic amines) is 1. The Hall–Kier alpha value is -2.96. The highest BCUT2D eigenvalue weighted by Crippen LogP contribution is 2.37. The highest BCUT2D eigenvalue weighted by atomic mass is 16.5. The van der Waals surface area contributed by atoms with Gasteiger partial charge in [-0.2, -0.15) is 5.10 Å². The van der Waals surface area contributed by atoms with Crippen molar-refractivity contribution in [1.29, 1.82) is 0 Å². The Labute approximate surface area is 151 Å². The fraction of sp³-hybridized carbons (Fsp3) is 0.368. The molecule has 0 spiro atoms. The second-order valence-corrected chi connectivity index (χ2v) is 6.68. The molecule has 4 rings (SSSR count). The Kier molecular flexibility index (Phi) is 4.28. The lowest BCUT2D eigenvalue weighted by Crippen LogP contribution is -2.39. The average Bonchev–Trinajstić information content (AvgIpc) is 3.27. The van der Waals surface area contributed by atoms with E-state index in [9.17, 15) is 4.79 Å². The molecule has 1 aliphatic rings. The van der Waals surface area contributed by atoms with Crippen LogP contribution >= 0.6 is 0 Å². The van der Waals surface area contributed by atoms with Crippen molar-refractivity contribution < 1.29 is 9.32 Å². The van der Waals surface area contributed by atoms with Gasteiger partial charge in [0.2, 0.25) is 0 Å². The third kappa shape index (κ3) is 3.00. The summed E-state index contributed by atoms with van der Waals surface area (Å²) in [6.45, 7) is 2.61. The van der Waals surface area contributed by atoms with Gasteiger partial charge in [-0.1, -0.05) is 5.16 Å². The maximum absolute atomic E-state index is 13.1. The standard InChI is InChI=1S/C19H21N5O2/c1-13-11-17(26-22-13)15-12-23(2)21-18(15)16-5-3-4-10-24(16)19(25)14-6-8-20-9-7-14/h6-9,11-12,16H,3-5,10H2,1-2H3/t16-/m0/s1. The smallest absolute Gasteiger partial charge is 0.254 e. The number of rotatable bonds is 3. The van der Waals surface area contributed by atoms with Crippen LogP contribution in [0.3, 0.4) is 0 Å². The summed E-state index contributed by atoms with van der Waals surface area (Å²) in [4.78, 5) is 19.0. The molecular formula is C19H21N5O2. The van der Waals surface area contributed by atoms with E-state index in [-0.39, 0.29) is 11.9 Å². The topological polar surface area (TPSA) is 77.0 Å². The molecule has 0 aliphatic carbocycles. The molecule has 0 aromatic carbocycles. The Morgan fingerprint density at radius 3 is 2.81 bits per heavy atom. The van der Waals surface area contributed by atoms with E-state index < -0.39 is 0 Å². The van der Waals surface area contributed by atoms with Gasteiger partial charge in [0.25, 0.3) is 5.91 Å². The second kappa shape index (κ2) is 6.74. The van der Waals surface area contributed by atoms with Gasteiger partial charge in [0, 0.05) is 43.8 Å². The first-order chi connectivity index (χ1) is 12.6. The van der Waals surface area contributed by atoms with Crippen LogP contribution in [0.25, 0.3) is 11.3 Å². The van der Waals surface area contributed by atoms with Gasteiger partial charge in [0.1, 0.15) is 0 Å². The van der Waals surface area contributed by atoms with Crippen LogP contribution in [0, 0.1) is 6.92 Å². The van der Waals surface area contributed by atoms with Crippen molar-refractivity contribution in [2.24, 2.45) is 7.05 Å². The quantitative estimate of drug-likeness (QED) is 0.724. The fourth-order valence-electron chi connectivity index (χ4n) is 3.55. The van der Waals surface area contributed by atoms with E-state index >= 15 is 0 Å². The number of carbonyl (C=O) groups excluding carboxylic acids is 1. The number of aromatic nitrogens is 4. The van der Waals surface area contributed by atoms with Crippen molar-refractivity contribution in [3.8, 4) is 11.3 Å². The van der Waals surface area contributed by atoms with Crippen LogP contribution in [0.15, 0.2) is 41.3 Å². The number of nitrogens with zero attached hydrogens (tertiary/aromatic N) is 5. The lowest BCUT2D eigenvalue weighted by atomic mass is 9.95. The molecule has 7 nitrogen and oxygen atoms in total. The minimum Gasteiger partial charge on any atom is -0.356 e. The molecule has 0 unspecified atom stereocenters. The van der Waals surface area contributed by atoms with Gasteiger partial charge < -0.3 is 9.42 Å². The number of hydrogen-bond donors (Lipinski definition) is 0. The fourth-order valence-corrected chi connectivity index (χ4v) is 3.55. The maximum atomic E-state index is 13.1. The summed E-state index contributed by atoms with van der Waals surface area (Å²) in [7, 11) is 1.88. The van der Waals surface area contributed by atoms with Crippen molar-refractivity contribution in [2.75, 3.05) is 6.54 Å². The van der Waals surface area contributed by atoms with Crippen LogP contribution in [0.5, 0.6) is 0 Å². The van der Waals surface area contributed by atoms with Gasteiger partial charge in [-0.3, -0.25) is 14.5 Å². The molecule has 134 valence electrons. The number of hydrogen-bond acceptors (Lipinski definition) is 5. The lowest BCUT2D eigenvalue weighted by molar-refractivity contribution is 0.0605. The Morgan fingerprint density at radius 1 is 1.27 bits per heavy atom. The van der Waals surface area contributed by atoms with Crippen molar-refractivity contribution in [3.05, 3.63) is 53.7 Å². The van der Waals surface area contributed by atoms with Crippen molar-refractivity contribution in [2.45, 2.75) is 32.2 Å². The molecule has 0 N–H and O–H groups in total. The SMILES string of the molecule is Cc1cc(-c2cn(C)nc2[C@@H]2CCCCN2C(=O)c2ccncc2)on1. The van der Waals surface area contributed by atoms with Crippen molar-refractivity contribution in [1.82, 2.24) is 24.8 Å². The summed E-state index contributed by atoms with van der Waals surface area (Å²) in [6, 6.07) is 5.34. The van der Waals surface area contributed by atoms with Crippen LogP contribution in [-0.2, 0) is 7.05 Å². The Morgan fingerprint density at radius 2 is 2.08 bits per heavy atom. The molecule has 7 heteroatoms. The summed E-state index contributed by atoms with van der Waals surface area (Å²) in [6.07, 6.45) is 8.17. The highest BCUT2D eigenvalue weighted by Gasteiger charge is 2.33. The molecule has 0 bridgehead atoms. The zero-order valence-corrected chi connectivity index (χ0v) is 14.9. The summed E-state index contributed by atoms with van der Waals surface area (Å²) in [5.41, 5.74) is 3.24. The molecule has 0 radical (unpaired) electrons. The van der Waals surface area contributed by atoms with Crippen molar-refractivity contribution in [3.63, 3.8) is 0 Å². The zero-order chi connectivity index (χ0) is 18.1. The number of amides is 1. The van der Waals surface area contributed by atoms with Crippen LogP contribution in [-0.4, -0.2) is 37.3 Å². The summed E-state index contributed by atoms with van der Waals surface area (Å²) < 4.78 is 7.23. The van der Waals surface area contributed by atoms with Crippen molar-refractivity contribution >= 4 is 5.91 Å². The molecule has 3 aromatic rings. The summed E-state index contributed by atoms with van der Waals surface area (Å²) in [5, 5.41) is 8.66. The summed E-state index contributed by atoms with van der Waals surface area (Å²) in [5.74, 6) is 0.704. The number of piperidine rings is 1. The minimum absolute atomic E-state index is 0.0162. The highest BCUT2D eigenvalue weighted by molar-refractivity contribution is 5.94. The number of aryl methyl sites for hydroxylation is 2. The molecule has 1 aliphatic heterocycles. The monoisotopic (exact) mass is 351 g/mol. The molecular weight excluding hydrogens is 330 g/mol. The Balaban J connectivity index is 1.72. The van der Waals surface area contributed by atoms with Gasteiger partial charge in [-0.15, -0.1) is 0 Å². The zero-order valence-electron chi connectivity index (χ0n) is 14.9. The van der Waals surface area contributed by atoms with E-state index in [1.54, 1.807) is 29.2 Å². The van der Waals surface area contributed by atoms with Crippen LogP contribution < -0.4 is 0 Å². The Bertz CT molecular complexity index is 915. The molecule has 26 heavy (non-hydrogen) atoms. The molecule has 1 atom stereocenters. The number of pyridine rings is 1. The average molecular weight is 351 g/mol. The molecule has 1 saturated heterocycles. The van der Waals surface area contributed by atoms with Crippen LogP contribution in [0.4, 0.5) is 0 Å². The first kappa shape index (κ1) is 16.5. The van der Waals surface area contributed by atoms with E-state index in [1.807, 2.05) is 31.1 Å². The molecule has 0 saturated carbocycles. The van der Waals surface area contributed by atoms with Gasteiger partial charge in [-0.25, -0.2) is 0 Å². The molecule has 4 heterocycles. The maximum Gasteiger partial charge on any atom is 0.254 e. The van der Waals surface area contributed by atoms with Crippen LogP contribution in [0.2, 0.25) is 0 Å². The van der Waals surface area contributed by atoms with E-state index in [0.717, 1.165) is 42.8 Å². The second-order valence-electron chi connectivity index (χ2n) is 6.68. The summed E-state index contributed by atoms with van der Waals surface area (Å²) >= 11 is 0. The van der Waals surface area contributed by atoms with Gasteiger partial charge in [0.15, 0.2) is 5.76 Å². The molecule has 3 aromatic heterocycles. The molecule has 1 fully saturated rings. The van der Waals surface area contributed by atoms with E-state index in [1.165, 1.54) is 0 Å². The predicted octanol–water partition coefficient (Wildman–Crippen LogP) is 3.15. The molecule has 1 amide bonds. The van der Waals surface area contributed by atoms with E-state index in [2.05, 4.69) is 15.2 Å². The van der Waals surface area contributed by atoms with Gasteiger partial charge in [-0.05, 0) is 38.3 Å². The normalized spacial score (nSPS) is 17.5. The number of carbonyl (C=O) groups is 1. The van der Waals surface area contributed by atoms with Gasteiger partial charge >= 0.3 is 0 Å². The largest absolute Gasteiger partial charge is 0.356 e. The van der Waals surface area contributed by atoms with Crippen LogP contribution in [0.1, 0.15) is 47.1 Å². The predicted molar refractivity (Wildman–Crippen MR) is 95.3 cm³/mol. The van der Waals surface area contributed by atoms with E-state index in [0.29, 0.717) is 11.3 Å². The first-order valence-corrected chi connectivity index (χ1v) is 8.81. The third-order valence-electron chi connectivity index (χ3n) is 4.76. The minimum atomic E-state index is -0.0778. The van der Waals surface area contributed by atoms with E-state index in [4.69, 9.17) is 4.52 Å². The van der Waals surface area contributed by atoms with Gasteiger partial charge in [0.05, 0.1) is 23.0 Å². The lowest BCUT2D eigenvalue weighted by Gasteiger charge is -2.35.